The molecule has 2 aromatic rings. The van der Waals surface area contributed by atoms with Crippen molar-refractivity contribution in [3.05, 3.63) is 15.8 Å². The van der Waals surface area contributed by atoms with E-state index in [1.165, 1.54) is 24.2 Å². The zero-order valence-electron chi connectivity index (χ0n) is 11.4. The standard InChI is InChI=1S/C13H15BrN4O2S/c14-10-7-15-13(21-10)19-9-3-5-18(6-4-9)12-16-11(17-20-12)8-1-2-8/h7-9H,1-6H2. The summed E-state index contributed by atoms with van der Waals surface area (Å²) in [5, 5.41) is 4.80. The van der Waals surface area contributed by atoms with E-state index in [9.17, 15) is 0 Å². The Bertz CT molecular complexity index is 619. The molecule has 112 valence electrons. The number of hydrogen-bond donors (Lipinski definition) is 0. The molecule has 8 heteroatoms. The number of piperidine rings is 1. The van der Waals surface area contributed by atoms with Gasteiger partial charge in [-0.1, -0.05) is 16.5 Å². The van der Waals surface area contributed by atoms with Crippen LogP contribution in [0.25, 0.3) is 0 Å². The number of hydrogen-bond acceptors (Lipinski definition) is 7. The number of halogens is 1. The van der Waals surface area contributed by atoms with Crippen LogP contribution in [0.3, 0.4) is 0 Å². The summed E-state index contributed by atoms with van der Waals surface area (Å²) in [5.41, 5.74) is 0. The molecule has 6 nitrogen and oxygen atoms in total. The van der Waals surface area contributed by atoms with Gasteiger partial charge in [-0.15, -0.1) is 0 Å². The van der Waals surface area contributed by atoms with Gasteiger partial charge >= 0.3 is 6.01 Å². The first-order valence-electron chi connectivity index (χ1n) is 7.14. The molecule has 4 rings (SSSR count). The monoisotopic (exact) mass is 370 g/mol. The molecule has 0 aromatic carbocycles. The van der Waals surface area contributed by atoms with E-state index in [0.29, 0.717) is 11.9 Å². The van der Waals surface area contributed by atoms with Crippen molar-refractivity contribution < 1.29 is 9.26 Å². The summed E-state index contributed by atoms with van der Waals surface area (Å²) in [6, 6.07) is 0.660. The van der Waals surface area contributed by atoms with E-state index in [1.807, 2.05) is 0 Å². The van der Waals surface area contributed by atoms with Crippen molar-refractivity contribution in [1.82, 2.24) is 15.1 Å². The fourth-order valence-corrected chi connectivity index (χ4v) is 3.54. The average Bonchev–Trinajstić information content (AvgIpc) is 3.09. The van der Waals surface area contributed by atoms with Crippen molar-refractivity contribution in [1.29, 1.82) is 0 Å². The second-order valence-electron chi connectivity index (χ2n) is 5.44. The van der Waals surface area contributed by atoms with Gasteiger partial charge in [-0.3, -0.25) is 0 Å². The van der Waals surface area contributed by atoms with E-state index < -0.39 is 0 Å². The van der Waals surface area contributed by atoms with Gasteiger partial charge in [-0.05, 0) is 28.8 Å². The van der Waals surface area contributed by atoms with E-state index in [1.54, 1.807) is 6.20 Å². The van der Waals surface area contributed by atoms with Crippen molar-refractivity contribution >= 4 is 33.3 Å². The molecule has 2 fully saturated rings. The fourth-order valence-electron chi connectivity index (χ4n) is 2.46. The number of ether oxygens (including phenoxy) is 1. The average molecular weight is 371 g/mol. The Morgan fingerprint density at radius 1 is 1.29 bits per heavy atom. The van der Waals surface area contributed by atoms with Crippen LogP contribution in [0.2, 0.25) is 0 Å². The van der Waals surface area contributed by atoms with Crippen LogP contribution in [-0.2, 0) is 0 Å². The third-order valence-corrected chi connectivity index (χ3v) is 5.18. The molecular formula is C13H15BrN4O2S. The summed E-state index contributed by atoms with van der Waals surface area (Å²) >= 11 is 4.92. The molecule has 0 radical (unpaired) electrons. The SMILES string of the molecule is Brc1cnc(OC2CCN(c3nc(C4CC4)no3)CC2)s1. The molecule has 1 aliphatic carbocycles. The second kappa shape index (κ2) is 5.57. The van der Waals surface area contributed by atoms with Gasteiger partial charge in [0, 0.05) is 31.8 Å². The third kappa shape index (κ3) is 3.06. The van der Waals surface area contributed by atoms with Crippen molar-refractivity contribution in [3.63, 3.8) is 0 Å². The summed E-state index contributed by atoms with van der Waals surface area (Å²) in [6.45, 7) is 1.76. The maximum Gasteiger partial charge on any atom is 0.324 e. The van der Waals surface area contributed by atoms with Gasteiger partial charge in [0.15, 0.2) is 5.82 Å². The van der Waals surface area contributed by atoms with Crippen LogP contribution in [0.1, 0.15) is 37.4 Å². The summed E-state index contributed by atoms with van der Waals surface area (Å²) in [5.74, 6) is 1.41. The Morgan fingerprint density at radius 3 is 2.76 bits per heavy atom. The van der Waals surface area contributed by atoms with Crippen LogP contribution in [-0.4, -0.2) is 34.3 Å². The fraction of sp³-hybridized carbons (Fsp3) is 0.615. The molecular weight excluding hydrogens is 356 g/mol. The first-order valence-corrected chi connectivity index (χ1v) is 8.75. The Kier molecular flexibility index (Phi) is 3.58. The minimum Gasteiger partial charge on any atom is -0.467 e. The lowest BCUT2D eigenvalue weighted by Gasteiger charge is -2.29. The first-order chi connectivity index (χ1) is 10.3. The Balaban J connectivity index is 1.33. The Hall–Kier alpha value is -1.15. The minimum atomic E-state index is 0.213. The molecule has 3 heterocycles. The van der Waals surface area contributed by atoms with Gasteiger partial charge in [-0.25, -0.2) is 4.98 Å². The zero-order valence-corrected chi connectivity index (χ0v) is 13.8. The van der Waals surface area contributed by atoms with Gasteiger partial charge in [0.1, 0.15) is 6.10 Å². The maximum absolute atomic E-state index is 5.90. The van der Waals surface area contributed by atoms with Crippen molar-refractivity contribution in [2.24, 2.45) is 0 Å². The largest absolute Gasteiger partial charge is 0.467 e. The van der Waals surface area contributed by atoms with Gasteiger partial charge in [0.25, 0.3) is 5.19 Å². The second-order valence-corrected chi connectivity index (χ2v) is 7.82. The van der Waals surface area contributed by atoms with Gasteiger partial charge in [0.05, 0.1) is 9.98 Å². The molecule has 21 heavy (non-hydrogen) atoms. The number of anilines is 1. The number of thiazole rings is 1. The summed E-state index contributed by atoms with van der Waals surface area (Å²) in [4.78, 5) is 10.9. The highest BCUT2D eigenvalue weighted by molar-refractivity contribution is 9.11. The Morgan fingerprint density at radius 2 is 2.10 bits per heavy atom. The Labute approximate surface area is 134 Å². The van der Waals surface area contributed by atoms with Crippen molar-refractivity contribution in [3.8, 4) is 5.19 Å². The molecule has 1 saturated carbocycles. The lowest BCUT2D eigenvalue weighted by Crippen LogP contribution is -2.38. The van der Waals surface area contributed by atoms with E-state index in [0.717, 1.165) is 40.7 Å². The van der Waals surface area contributed by atoms with Crippen LogP contribution in [0.5, 0.6) is 5.19 Å². The summed E-state index contributed by atoms with van der Waals surface area (Å²) < 4.78 is 12.3. The number of aromatic nitrogens is 3. The maximum atomic E-state index is 5.90. The lowest BCUT2D eigenvalue weighted by molar-refractivity contribution is 0.168. The molecule has 0 spiro atoms. The van der Waals surface area contributed by atoms with E-state index in [4.69, 9.17) is 9.26 Å². The molecule has 0 bridgehead atoms. The van der Waals surface area contributed by atoms with Crippen LogP contribution in [0.4, 0.5) is 6.01 Å². The zero-order chi connectivity index (χ0) is 14.2. The van der Waals surface area contributed by atoms with Crippen LogP contribution >= 0.6 is 27.3 Å². The molecule has 1 aliphatic heterocycles. The molecule has 0 unspecified atom stereocenters. The van der Waals surface area contributed by atoms with Crippen molar-refractivity contribution in [2.75, 3.05) is 18.0 Å². The van der Waals surface area contributed by atoms with Crippen molar-refractivity contribution in [2.45, 2.75) is 37.7 Å². The van der Waals surface area contributed by atoms with E-state index >= 15 is 0 Å². The highest BCUT2D eigenvalue weighted by Gasteiger charge is 2.31. The molecule has 2 aliphatic rings. The predicted molar refractivity (Wildman–Crippen MR) is 82.0 cm³/mol. The third-order valence-electron chi connectivity index (χ3n) is 3.81. The van der Waals surface area contributed by atoms with Crippen LogP contribution in [0, 0.1) is 0 Å². The lowest BCUT2D eigenvalue weighted by atomic mass is 10.1. The normalized spacial score (nSPS) is 20.0. The predicted octanol–water partition coefficient (Wildman–Crippen LogP) is 3.21. The topological polar surface area (TPSA) is 64.3 Å². The minimum absolute atomic E-state index is 0.213. The number of nitrogens with zero attached hydrogens (tertiary/aromatic N) is 4. The van der Waals surface area contributed by atoms with Gasteiger partial charge in [0.2, 0.25) is 0 Å². The van der Waals surface area contributed by atoms with E-state index in [-0.39, 0.29) is 6.10 Å². The summed E-state index contributed by atoms with van der Waals surface area (Å²) in [6.07, 6.45) is 6.25. The van der Waals surface area contributed by atoms with Crippen LogP contribution in [0.15, 0.2) is 14.5 Å². The van der Waals surface area contributed by atoms with Gasteiger partial charge in [-0.2, -0.15) is 4.98 Å². The first kappa shape index (κ1) is 13.5. The van der Waals surface area contributed by atoms with Gasteiger partial charge < -0.3 is 14.2 Å². The molecule has 0 atom stereocenters. The van der Waals surface area contributed by atoms with Crippen LogP contribution < -0.4 is 9.64 Å². The van der Waals surface area contributed by atoms with E-state index in [2.05, 4.69) is 36.0 Å². The highest BCUT2D eigenvalue weighted by Crippen LogP contribution is 2.39. The molecule has 0 N–H and O–H groups in total. The molecule has 2 aromatic heterocycles. The molecule has 1 saturated heterocycles. The highest BCUT2D eigenvalue weighted by atomic mass is 79.9. The smallest absolute Gasteiger partial charge is 0.324 e. The molecule has 0 amide bonds. The number of rotatable bonds is 4. The quantitative estimate of drug-likeness (QED) is 0.823. The summed E-state index contributed by atoms with van der Waals surface area (Å²) in [7, 11) is 0.